The molecule has 3 rings (SSSR count). The fourth-order valence-electron chi connectivity index (χ4n) is 3.03. The third-order valence-corrected chi connectivity index (χ3v) is 4.53. The van der Waals surface area contributed by atoms with Crippen molar-refractivity contribution in [3.05, 3.63) is 82.9 Å². The van der Waals surface area contributed by atoms with E-state index in [0.29, 0.717) is 24.0 Å². The summed E-state index contributed by atoms with van der Waals surface area (Å²) < 4.78 is 4.64. The normalized spacial score (nSPS) is 14.8. The average molecular weight is 379 g/mol. The van der Waals surface area contributed by atoms with E-state index in [1.54, 1.807) is 24.3 Å². The molecule has 1 aliphatic heterocycles. The minimum absolute atomic E-state index is 0.334. The first-order chi connectivity index (χ1) is 13.5. The lowest BCUT2D eigenvalue weighted by molar-refractivity contribution is -0.136. The van der Waals surface area contributed by atoms with Gasteiger partial charge in [0.15, 0.2) is 0 Å². The first-order valence-corrected chi connectivity index (χ1v) is 8.96. The van der Waals surface area contributed by atoms with Crippen LogP contribution in [0.4, 0.5) is 0 Å². The van der Waals surface area contributed by atoms with E-state index >= 15 is 0 Å². The number of carbonyl (C=O) groups excluding carboxylic acids is 3. The largest absolute Gasteiger partial charge is 0.466 e. The molecule has 1 aliphatic rings. The van der Waals surface area contributed by atoms with Crippen molar-refractivity contribution in [2.75, 3.05) is 7.11 Å². The van der Waals surface area contributed by atoms with Gasteiger partial charge in [0, 0.05) is 6.08 Å². The van der Waals surface area contributed by atoms with Gasteiger partial charge in [-0.2, -0.15) is 0 Å². The molecule has 28 heavy (non-hydrogen) atoms. The van der Waals surface area contributed by atoms with Crippen molar-refractivity contribution in [1.29, 1.82) is 0 Å². The number of fused-ring (bicyclic) bond motifs is 1. The van der Waals surface area contributed by atoms with Gasteiger partial charge in [-0.25, -0.2) is 4.79 Å². The van der Waals surface area contributed by atoms with Crippen molar-refractivity contribution in [1.82, 2.24) is 5.06 Å². The number of hydrogen-bond acceptors (Lipinski definition) is 5. The van der Waals surface area contributed by atoms with Gasteiger partial charge in [0.2, 0.25) is 0 Å². The Balaban J connectivity index is 1.79. The fourth-order valence-corrected chi connectivity index (χ4v) is 3.03. The number of esters is 1. The lowest BCUT2D eigenvalue weighted by Gasteiger charge is -2.23. The minimum atomic E-state index is -0.524. The third kappa shape index (κ3) is 4.18. The molecule has 2 aromatic carbocycles. The molecule has 6 nitrogen and oxygen atoms in total. The predicted octanol–water partition coefficient (Wildman–Crippen LogP) is 3.86. The van der Waals surface area contributed by atoms with Crippen LogP contribution in [0.3, 0.4) is 0 Å². The van der Waals surface area contributed by atoms with Gasteiger partial charge >= 0.3 is 5.97 Å². The smallest absolute Gasteiger partial charge is 0.330 e. The van der Waals surface area contributed by atoms with Crippen LogP contribution in [0.1, 0.15) is 52.1 Å². The van der Waals surface area contributed by atoms with Crippen LogP contribution in [-0.4, -0.2) is 30.0 Å². The Morgan fingerprint density at radius 3 is 2.14 bits per heavy atom. The number of ether oxygens (including phenoxy) is 1. The summed E-state index contributed by atoms with van der Waals surface area (Å²) >= 11 is 0. The van der Waals surface area contributed by atoms with Crippen LogP contribution >= 0.6 is 0 Å². The Labute approximate surface area is 163 Å². The number of methoxy groups -OCH3 is 1. The lowest BCUT2D eigenvalue weighted by Crippen LogP contribution is -2.31. The van der Waals surface area contributed by atoms with Crippen molar-refractivity contribution < 1.29 is 24.0 Å². The highest BCUT2D eigenvalue weighted by molar-refractivity contribution is 6.20. The molecule has 1 unspecified atom stereocenters. The van der Waals surface area contributed by atoms with Gasteiger partial charge in [0.05, 0.1) is 18.2 Å². The van der Waals surface area contributed by atoms with E-state index in [-0.39, 0.29) is 0 Å². The molecule has 144 valence electrons. The molecule has 2 aromatic rings. The van der Waals surface area contributed by atoms with Gasteiger partial charge in [0.1, 0.15) is 6.10 Å². The zero-order valence-corrected chi connectivity index (χ0v) is 15.8. The van der Waals surface area contributed by atoms with Gasteiger partial charge in [-0.15, -0.1) is 5.06 Å². The predicted molar refractivity (Wildman–Crippen MR) is 102 cm³/mol. The number of allylic oxidation sites excluding steroid dienone is 1. The number of hydroxylamine groups is 2. The summed E-state index contributed by atoms with van der Waals surface area (Å²) in [5.74, 6) is -1.36. The van der Waals surface area contributed by atoms with Gasteiger partial charge in [-0.1, -0.05) is 48.0 Å². The molecule has 0 bridgehead atoms. The van der Waals surface area contributed by atoms with Crippen molar-refractivity contribution in [3.8, 4) is 0 Å². The molecule has 0 fully saturated rings. The Kier molecular flexibility index (Phi) is 6.01. The second kappa shape index (κ2) is 8.63. The summed E-state index contributed by atoms with van der Waals surface area (Å²) in [7, 11) is 1.32. The van der Waals surface area contributed by atoms with Crippen molar-refractivity contribution in [2.24, 2.45) is 0 Å². The molecule has 0 radical (unpaired) electrons. The highest BCUT2D eigenvalue weighted by Gasteiger charge is 2.38. The summed E-state index contributed by atoms with van der Waals surface area (Å²) in [5, 5.41) is 0.835. The molecule has 0 saturated carbocycles. The summed E-state index contributed by atoms with van der Waals surface area (Å²) in [6.07, 6.45) is 1.92. The standard InChI is InChI=1S/C22H21NO5/c1-15(14-20(24)27-2)12-13-19(16-8-4-3-5-9-16)28-23-21(25)17-10-6-7-11-18(17)22(23)26/h3-11,14,19H,12-13H2,1-2H3/b15-14+. The molecule has 0 N–H and O–H groups in total. The Hall–Kier alpha value is -3.25. The highest BCUT2D eigenvalue weighted by atomic mass is 16.7. The quantitative estimate of drug-likeness (QED) is 0.415. The van der Waals surface area contributed by atoms with E-state index in [4.69, 9.17) is 4.84 Å². The van der Waals surface area contributed by atoms with Gasteiger partial charge < -0.3 is 4.74 Å². The average Bonchev–Trinajstić information content (AvgIpc) is 2.96. The Bertz CT molecular complexity index is 885. The van der Waals surface area contributed by atoms with Crippen LogP contribution in [0.2, 0.25) is 0 Å². The maximum atomic E-state index is 12.6. The number of hydrogen-bond donors (Lipinski definition) is 0. The van der Waals surface area contributed by atoms with E-state index in [9.17, 15) is 14.4 Å². The first-order valence-electron chi connectivity index (χ1n) is 8.96. The Morgan fingerprint density at radius 2 is 1.57 bits per heavy atom. The first kappa shape index (κ1) is 19.5. The summed E-state index contributed by atoms with van der Waals surface area (Å²) in [6.45, 7) is 1.82. The zero-order chi connectivity index (χ0) is 20.1. The molecule has 0 aromatic heterocycles. The second-order valence-electron chi connectivity index (χ2n) is 6.51. The number of rotatable bonds is 7. The fraction of sp³-hybridized carbons (Fsp3) is 0.227. The van der Waals surface area contributed by atoms with Crippen molar-refractivity contribution >= 4 is 17.8 Å². The van der Waals surface area contributed by atoms with Gasteiger partial charge in [0.25, 0.3) is 11.8 Å². The SMILES string of the molecule is COC(=O)/C=C(\C)CCC(ON1C(=O)c2ccccc2C1=O)c1ccccc1. The molecule has 1 heterocycles. The summed E-state index contributed by atoms with van der Waals surface area (Å²) in [6, 6.07) is 16.0. The van der Waals surface area contributed by atoms with E-state index < -0.39 is 23.9 Å². The van der Waals surface area contributed by atoms with E-state index in [0.717, 1.165) is 16.2 Å². The molecular weight excluding hydrogens is 358 g/mol. The molecule has 1 atom stereocenters. The van der Waals surface area contributed by atoms with Gasteiger partial charge in [-0.05, 0) is 37.5 Å². The van der Waals surface area contributed by atoms with Crippen LogP contribution in [0.25, 0.3) is 0 Å². The maximum Gasteiger partial charge on any atom is 0.330 e. The highest BCUT2D eigenvalue weighted by Crippen LogP contribution is 2.30. The number of imide groups is 1. The van der Waals surface area contributed by atoms with Crippen LogP contribution in [0, 0.1) is 0 Å². The topological polar surface area (TPSA) is 72.9 Å². The van der Waals surface area contributed by atoms with E-state index in [1.807, 2.05) is 37.3 Å². The number of nitrogens with zero attached hydrogens (tertiary/aromatic N) is 1. The van der Waals surface area contributed by atoms with Crippen LogP contribution in [0.5, 0.6) is 0 Å². The number of benzene rings is 2. The minimum Gasteiger partial charge on any atom is -0.466 e. The van der Waals surface area contributed by atoms with E-state index in [1.165, 1.54) is 13.2 Å². The van der Waals surface area contributed by atoms with Crippen LogP contribution in [0.15, 0.2) is 66.2 Å². The summed E-state index contributed by atoms with van der Waals surface area (Å²) in [4.78, 5) is 42.5. The Morgan fingerprint density at radius 1 is 1.00 bits per heavy atom. The third-order valence-electron chi connectivity index (χ3n) is 4.53. The molecule has 2 amide bonds. The maximum absolute atomic E-state index is 12.6. The van der Waals surface area contributed by atoms with Crippen molar-refractivity contribution in [2.45, 2.75) is 25.9 Å². The molecule has 0 saturated heterocycles. The van der Waals surface area contributed by atoms with Gasteiger partial charge in [-0.3, -0.25) is 14.4 Å². The van der Waals surface area contributed by atoms with Crippen molar-refractivity contribution in [3.63, 3.8) is 0 Å². The zero-order valence-electron chi connectivity index (χ0n) is 15.8. The summed E-state index contributed by atoms with van der Waals surface area (Å²) in [5.41, 5.74) is 2.32. The lowest BCUT2D eigenvalue weighted by atomic mass is 10.0. The molecule has 0 aliphatic carbocycles. The monoisotopic (exact) mass is 379 g/mol. The van der Waals surface area contributed by atoms with E-state index in [2.05, 4.69) is 4.74 Å². The van der Waals surface area contributed by atoms with Crippen LogP contribution in [-0.2, 0) is 14.4 Å². The molecule has 6 heteroatoms. The number of carbonyl (C=O) groups is 3. The van der Waals surface area contributed by atoms with Crippen LogP contribution < -0.4 is 0 Å². The molecular formula is C22H21NO5. The number of amides is 2. The second-order valence-corrected chi connectivity index (χ2v) is 6.51. The molecule has 0 spiro atoms.